The van der Waals surface area contributed by atoms with Gasteiger partial charge in [0.2, 0.25) is 5.91 Å². The number of para-hydroxylation sites is 1. The molecule has 0 radical (unpaired) electrons. The van der Waals surface area contributed by atoms with E-state index in [2.05, 4.69) is 15.5 Å². The van der Waals surface area contributed by atoms with Crippen LogP contribution in [0.3, 0.4) is 0 Å². The summed E-state index contributed by atoms with van der Waals surface area (Å²) in [6.45, 7) is 2.24. The minimum absolute atomic E-state index is 0.0975. The summed E-state index contributed by atoms with van der Waals surface area (Å²) in [5, 5.41) is 11.8. The van der Waals surface area contributed by atoms with Crippen molar-refractivity contribution < 1.29 is 13.9 Å². The van der Waals surface area contributed by atoms with E-state index in [9.17, 15) is 9.18 Å². The standard InChI is InChI=1S/C24H21FN4O2S/c1-17-10-12-21(13-11-17)31-15-22-27-28-24(29(22)20-8-3-2-4-9-20)32-16-23(30)26-19-7-5-6-18(25)14-19/h2-14H,15-16H2,1H3,(H,26,30). The highest BCUT2D eigenvalue weighted by molar-refractivity contribution is 7.99. The molecule has 0 aliphatic carbocycles. The fourth-order valence-electron chi connectivity index (χ4n) is 3.00. The van der Waals surface area contributed by atoms with Gasteiger partial charge in [0.05, 0.1) is 5.75 Å². The number of aromatic nitrogens is 3. The predicted molar refractivity (Wildman–Crippen MR) is 123 cm³/mol. The molecule has 0 aliphatic rings. The van der Waals surface area contributed by atoms with E-state index >= 15 is 0 Å². The maximum Gasteiger partial charge on any atom is 0.234 e. The van der Waals surface area contributed by atoms with Crippen LogP contribution in [-0.4, -0.2) is 26.4 Å². The Morgan fingerprint density at radius 2 is 1.81 bits per heavy atom. The molecule has 0 saturated carbocycles. The second kappa shape index (κ2) is 10.1. The second-order valence-corrected chi connectivity index (χ2v) is 7.96. The summed E-state index contributed by atoms with van der Waals surface area (Å²) in [7, 11) is 0. The summed E-state index contributed by atoms with van der Waals surface area (Å²) in [6, 6.07) is 23.2. The fourth-order valence-corrected chi connectivity index (χ4v) is 3.77. The van der Waals surface area contributed by atoms with E-state index in [1.165, 1.54) is 23.9 Å². The zero-order valence-corrected chi connectivity index (χ0v) is 18.2. The van der Waals surface area contributed by atoms with Crippen LogP contribution in [0, 0.1) is 12.7 Å². The number of hydrogen-bond acceptors (Lipinski definition) is 5. The number of anilines is 1. The van der Waals surface area contributed by atoms with E-state index in [0.29, 0.717) is 16.7 Å². The molecule has 32 heavy (non-hydrogen) atoms. The molecular formula is C24H21FN4O2S. The van der Waals surface area contributed by atoms with Crippen LogP contribution >= 0.6 is 11.8 Å². The number of carbonyl (C=O) groups excluding carboxylic acids is 1. The number of ether oxygens (including phenoxy) is 1. The Bertz CT molecular complexity index is 1200. The molecule has 1 N–H and O–H groups in total. The third-order valence-corrected chi connectivity index (χ3v) is 5.47. The van der Waals surface area contributed by atoms with Crippen LogP contribution < -0.4 is 10.1 Å². The minimum Gasteiger partial charge on any atom is -0.486 e. The van der Waals surface area contributed by atoms with Gasteiger partial charge in [0.25, 0.3) is 0 Å². The van der Waals surface area contributed by atoms with E-state index in [-0.39, 0.29) is 18.3 Å². The first-order valence-electron chi connectivity index (χ1n) is 9.96. The molecule has 1 aromatic heterocycles. The highest BCUT2D eigenvalue weighted by Gasteiger charge is 2.16. The SMILES string of the molecule is Cc1ccc(OCc2nnc(SCC(=O)Nc3cccc(F)c3)n2-c2ccccc2)cc1. The highest BCUT2D eigenvalue weighted by atomic mass is 32.2. The Morgan fingerprint density at radius 1 is 1.03 bits per heavy atom. The second-order valence-electron chi connectivity index (χ2n) is 7.02. The maximum absolute atomic E-state index is 13.3. The Hall–Kier alpha value is -3.65. The normalized spacial score (nSPS) is 10.7. The summed E-state index contributed by atoms with van der Waals surface area (Å²) < 4.78 is 21.1. The summed E-state index contributed by atoms with van der Waals surface area (Å²) in [4.78, 5) is 12.4. The van der Waals surface area contributed by atoms with E-state index in [4.69, 9.17) is 4.74 Å². The zero-order valence-electron chi connectivity index (χ0n) is 17.4. The van der Waals surface area contributed by atoms with Crippen molar-refractivity contribution in [3.63, 3.8) is 0 Å². The number of benzene rings is 3. The van der Waals surface area contributed by atoms with Crippen LogP contribution in [0.2, 0.25) is 0 Å². The Labute approximate surface area is 189 Å². The van der Waals surface area contributed by atoms with Crippen LogP contribution in [0.1, 0.15) is 11.4 Å². The molecule has 1 heterocycles. The first-order valence-corrected chi connectivity index (χ1v) is 10.9. The number of thioether (sulfide) groups is 1. The smallest absolute Gasteiger partial charge is 0.234 e. The first-order chi connectivity index (χ1) is 15.6. The van der Waals surface area contributed by atoms with Gasteiger partial charge in [0, 0.05) is 11.4 Å². The van der Waals surface area contributed by atoms with Crippen LogP contribution in [0.4, 0.5) is 10.1 Å². The van der Waals surface area contributed by atoms with E-state index in [0.717, 1.165) is 17.0 Å². The average Bonchev–Trinajstić information content (AvgIpc) is 3.21. The number of nitrogens with one attached hydrogen (secondary N) is 1. The van der Waals surface area contributed by atoms with Crippen molar-refractivity contribution in [2.45, 2.75) is 18.7 Å². The molecular weight excluding hydrogens is 427 g/mol. The summed E-state index contributed by atoms with van der Waals surface area (Å²) in [5.41, 5.74) is 2.43. The van der Waals surface area contributed by atoms with Gasteiger partial charge in [0.15, 0.2) is 11.0 Å². The van der Waals surface area contributed by atoms with Gasteiger partial charge in [-0.25, -0.2) is 4.39 Å². The Morgan fingerprint density at radius 3 is 2.56 bits per heavy atom. The van der Waals surface area contributed by atoms with Gasteiger partial charge in [-0.05, 0) is 49.4 Å². The molecule has 4 aromatic rings. The molecule has 0 saturated heterocycles. The third kappa shape index (κ3) is 5.53. The lowest BCUT2D eigenvalue weighted by atomic mass is 10.2. The third-order valence-electron chi connectivity index (χ3n) is 4.54. The van der Waals surface area contributed by atoms with Crippen LogP contribution in [-0.2, 0) is 11.4 Å². The van der Waals surface area contributed by atoms with Crippen molar-refractivity contribution in [1.82, 2.24) is 14.8 Å². The molecule has 1 amide bonds. The van der Waals surface area contributed by atoms with Gasteiger partial charge in [-0.15, -0.1) is 10.2 Å². The first kappa shape index (κ1) is 21.6. The number of nitrogens with zero attached hydrogens (tertiary/aromatic N) is 3. The number of amides is 1. The molecule has 6 nitrogen and oxygen atoms in total. The molecule has 3 aromatic carbocycles. The van der Waals surface area contributed by atoms with Crippen LogP contribution in [0.5, 0.6) is 5.75 Å². The highest BCUT2D eigenvalue weighted by Crippen LogP contribution is 2.23. The fraction of sp³-hybridized carbons (Fsp3) is 0.125. The lowest BCUT2D eigenvalue weighted by Gasteiger charge is -2.11. The summed E-state index contributed by atoms with van der Waals surface area (Å²) in [6.07, 6.45) is 0. The van der Waals surface area contributed by atoms with E-state index < -0.39 is 5.82 Å². The van der Waals surface area contributed by atoms with Gasteiger partial charge >= 0.3 is 0 Å². The van der Waals surface area contributed by atoms with E-state index in [1.54, 1.807) is 12.1 Å². The average molecular weight is 449 g/mol. The number of aryl methyl sites for hydroxylation is 1. The van der Waals surface area contributed by atoms with Crippen LogP contribution in [0.25, 0.3) is 5.69 Å². The maximum atomic E-state index is 13.3. The summed E-state index contributed by atoms with van der Waals surface area (Å²) >= 11 is 1.25. The number of carbonyl (C=O) groups is 1. The minimum atomic E-state index is -0.405. The van der Waals surface area contributed by atoms with Gasteiger partial charge < -0.3 is 10.1 Å². The molecule has 0 aliphatic heterocycles. The Kier molecular flexibility index (Phi) is 6.81. The van der Waals surface area contributed by atoms with Crippen molar-refractivity contribution >= 4 is 23.4 Å². The predicted octanol–water partition coefficient (Wildman–Crippen LogP) is 5.02. The topological polar surface area (TPSA) is 69.0 Å². The van der Waals surface area contributed by atoms with Crippen molar-refractivity contribution in [2.24, 2.45) is 0 Å². The monoisotopic (exact) mass is 448 g/mol. The molecule has 8 heteroatoms. The van der Waals surface area contributed by atoms with Gasteiger partial charge in [-0.2, -0.15) is 0 Å². The van der Waals surface area contributed by atoms with Crippen LogP contribution in [0.15, 0.2) is 84.0 Å². The number of halogens is 1. The molecule has 0 fully saturated rings. The summed E-state index contributed by atoms with van der Waals surface area (Å²) in [5.74, 6) is 0.783. The van der Waals surface area contributed by atoms with E-state index in [1.807, 2.05) is 66.1 Å². The number of hydrogen-bond donors (Lipinski definition) is 1. The van der Waals surface area contributed by atoms with Crippen molar-refractivity contribution in [3.05, 3.63) is 96.1 Å². The Balaban J connectivity index is 1.48. The van der Waals surface area contributed by atoms with Gasteiger partial charge in [0.1, 0.15) is 18.2 Å². The molecule has 0 unspecified atom stereocenters. The number of rotatable bonds is 8. The zero-order chi connectivity index (χ0) is 22.3. The largest absolute Gasteiger partial charge is 0.486 e. The van der Waals surface area contributed by atoms with Gasteiger partial charge in [-0.3, -0.25) is 9.36 Å². The molecule has 0 atom stereocenters. The quantitative estimate of drug-likeness (QED) is 0.383. The van der Waals surface area contributed by atoms with Gasteiger partial charge in [-0.1, -0.05) is 53.7 Å². The lowest BCUT2D eigenvalue weighted by Crippen LogP contribution is -2.15. The van der Waals surface area contributed by atoms with Crippen molar-refractivity contribution in [3.8, 4) is 11.4 Å². The lowest BCUT2D eigenvalue weighted by molar-refractivity contribution is -0.113. The molecule has 162 valence electrons. The molecule has 0 spiro atoms. The van der Waals surface area contributed by atoms with Crippen molar-refractivity contribution in [2.75, 3.05) is 11.1 Å². The molecule has 0 bridgehead atoms. The van der Waals surface area contributed by atoms with Crippen molar-refractivity contribution in [1.29, 1.82) is 0 Å². The molecule has 4 rings (SSSR count).